The molecule has 5 heteroatoms. The van der Waals surface area contributed by atoms with Crippen LogP contribution in [-0.2, 0) is 16.0 Å². The minimum atomic E-state index is -0.633. The summed E-state index contributed by atoms with van der Waals surface area (Å²) in [5.41, 5.74) is -0.633. The molecule has 2 aliphatic rings. The second-order valence-electron chi connectivity index (χ2n) is 6.03. The molecule has 1 saturated heterocycles. The number of nitrogens with zero attached hydrogens (tertiary/aromatic N) is 1. The first kappa shape index (κ1) is 14.2. The summed E-state index contributed by atoms with van der Waals surface area (Å²) in [6, 6.07) is 3.40. The molecule has 2 amide bonds. The number of hydrogen-bond acceptors (Lipinski definition) is 3. The minimum Gasteiger partial charge on any atom is -0.469 e. The first-order chi connectivity index (χ1) is 10.2. The van der Waals surface area contributed by atoms with Crippen LogP contribution in [0.15, 0.2) is 22.8 Å². The molecule has 0 aromatic carbocycles. The van der Waals surface area contributed by atoms with E-state index in [1.54, 1.807) is 11.2 Å². The van der Waals surface area contributed by atoms with Gasteiger partial charge in [-0.1, -0.05) is 19.8 Å². The summed E-state index contributed by atoms with van der Waals surface area (Å²) in [7, 11) is 0. The van der Waals surface area contributed by atoms with E-state index in [-0.39, 0.29) is 17.9 Å². The van der Waals surface area contributed by atoms with Crippen LogP contribution in [0.4, 0.5) is 0 Å². The van der Waals surface area contributed by atoms with E-state index < -0.39 is 5.54 Å². The summed E-state index contributed by atoms with van der Waals surface area (Å²) >= 11 is 0. The van der Waals surface area contributed by atoms with Crippen molar-refractivity contribution in [2.45, 2.75) is 57.0 Å². The topological polar surface area (TPSA) is 62.6 Å². The van der Waals surface area contributed by atoms with Crippen molar-refractivity contribution in [3.05, 3.63) is 24.2 Å². The van der Waals surface area contributed by atoms with E-state index in [2.05, 4.69) is 5.32 Å². The van der Waals surface area contributed by atoms with Gasteiger partial charge in [0.2, 0.25) is 11.8 Å². The zero-order valence-corrected chi connectivity index (χ0v) is 12.4. The Bertz CT molecular complexity index is 518. The quantitative estimate of drug-likeness (QED) is 0.921. The molecule has 2 heterocycles. The van der Waals surface area contributed by atoms with Crippen LogP contribution in [0, 0.1) is 0 Å². The van der Waals surface area contributed by atoms with Crippen LogP contribution in [-0.4, -0.2) is 34.8 Å². The molecule has 1 aromatic rings. The van der Waals surface area contributed by atoms with Crippen molar-refractivity contribution in [3.63, 3.8) is 0 Å². The highest BCUT2D eigenvalue weighted by Crippen LogP contribution is 2.35. The van der Waals surface area contributed by atoms with Gasteiger partial charge in [0.15, 0.2) is 0 Å². The molecule has 1 spiro atoms. The van der Waals surface area contributed by atoms with E-state index in [0.717, 1.165) is 31.4 Å². The van der Waals surface area contributed by atoms with Gasteiger partial charge in [-0.05, 0) is 31.4 Å². The van der Waals surface area contributed by atoms with Crippen LogP contribution in [0.25, 0.3) is 0 Å². The first-order valence-corrected chi connectivity index (χ1v) is 7.82. The first-order valence-electron chi connectivity index (χ1n) is 7.82. The number of hydrogen-bond donors (Lipinski definition) is 1. The lowest BCUT2D eigenvalue weighted by Crippen LogP contribution is -2.69. The highest BCUT2D eigenvalue weighted by Gasteiger charge is 2.51. The molecule has 114 valence electrons. The summed E-state index contributed by atoms with van der Waals surface area (Å²) in [6.07, 6.45) is 6.49. The number of piperazine rings is 1. The minimum absolute atomic E-state index is 0.00144. The van der Waals surface area contributed by atoms with E-state index in [4.69, 9.17) is 4.42 Å². The molecule has 21 heavy (non-hydrogen) atoms. The Morgan fingerprint density at radius 1 is 1.38 bits per heavy atom. The van der Waals surface area contributed by atoms with Gasteiger partial charge in [-0.3, -0.25) is 9.59 Å². The van der Waals surface area contributed by atoms with E-state index >= 15 is 0 Å². The second-order valence-corrected chi connectivity index (χ2v) is 6.03. The number of nitrogens with one attached hydrogen (secondary N) is 1. The van der Waals surface area contributed by atoms with Crippen molar-refractivity contribution < 1.29 is 14.0 Å². The fraction of sp³-hybridized carbons (Fsp3) is 0.625. The third kappa shape index (κ3) is 2.45. The van der Waals surface area contributed by atoms with E-state index in [9.17, 15) is 9.59 Å². The van der Waals surface area contributed by atoms with Gasteiger partial charge < -0.3 is 14.6 Å². The number of rotatable bonds is 4. The molecule has 5 nitrogen and oxygen atoms in total. The van der Waals surface area contributed by atoms with Crippen LogP contribution in [0.1, 0.15) is 44.8 Å². The summed E-state index contributed by atoms with van der Waals surface area (Å²) in [6.45, 7) is 2.49. The molecule has 3 rings (SSSR count). The molecule has 1 unspecified atom stereocenters. The molecule has 2 fully saturated rings. The maximum absolute atomic E-state index is 12.9. The van der Waals surface area contributed by atoms with Crippen LogP contribution >= 0.6 is 0 Å². The van der Waals surface area contributed by atoms with Crippen LogP contribution in [0.5, 0.6) is 0 Å². The molecule has 1 N–H and O–H groups in total. The summed E-state index contributed by atoms with van der Waals surface area (Å²) in [5, 5.41) is 3.01. The molecular formula is C16H22N2O3. The molecule has 0 radical (unpaired) electrons. The lowest BCUT2D eigenvalue weighted by atomic mass is 9.90. The van der Waals surface area contributed by atoms with Gasteiger partial charge in [0, 0.05) is 13.0 Å². The van der Waals surface area contributed by atoms with Gasteiger partial charge in [0.25, 0.3) is 0 Å². The van der Waals surface area contributed by atoms with E-state index in [0.29, 0.717) is 19.4 Å². The Hall–Kier alpha value is -1.78. The molecule has 1 atom stereocenters. The van der Waals surface area contributed by atoms with Crippen LogP contribution in [0.2, 0.25) is 0 Å². The molecule has 0 bridgehead atoms. The van der Waals surface area contributed by atoms with E-state index in [1.807, 2.05) is 19.1 Å². The van der Waals surface area contributed by atoms with Gasteiger partial charge in [-0.15, -0.1) is 0 Å². The summed E-state index contributed by atoms with van der Waals surface area (Å²) in [5.74, 6) is 0.945. The van der Waals surface area contributed by atoms with Crippen molar-refractivity contribution in [2.24, 2.45) is 0 Å². The third-order valence-corrected chi connectivity index (χ3v) is 4.73. The molecule has 1 aliphatic carbocycles. The molecular weight excluding hydrogens is 268 g/mol. The highest BCUT2D eigenvalue weighted by molar-refractivity contribution is 6.00. The zero-order chi connectivity index (χ0) is 14.9. The Labute approximate surface area is 124 Å². The molecule has 1 aliphatic heterocycles. The number of carbonyl (C=O) groups excluding carboxylic acids is 2. The Morgan fingerprint density at radius 2 is 2.14 bits per heavy atom. The van der Waals surface area contributed by atoms with Crippen LogP contribution in [0.3, 0.4) is 0 Å². The molecule has 1 saturated carbocycles. The fourth-order valence-electron chi connectivity index (χ4n) is 3.60. The maximum atomic E-state index is 12.9. The summed E-state index contributed by atoms with van der Waals surface area (Å²) in [4.78, 5) is 27.1. The standard InChI is InChI=1S/C16H22N2O3/c1-2-13-14(19)17-16(8-3-4-9-16)15(20)18(13)10-7-12-6-5-11-21-12/h5-6,11,13H,2-4,7-10H2,1H3,(H,17,19). The van der Waals surface area contributed by atoms with Crippen LogP contribution < -0.4 is 5.32 Å². The highest BCUT2D eigenvalue weighted by atomic mass is 16.3. The number of amides is 2. The number of carbonyl (C=O) groups is 2. The van der Waals surface area contributed by atoms with Crippen molar-refractivity contribution in [3.8, 4) is 0 Å². The second kappa shape index (κ2) is 5.54. The Kier molecular flexibility index (Phi) is 3.74. The Morgan fingerprint density at radius 3 is 2.76 bits per heavy atom. The maximum Gasteiger partial charge on any atom is 0.249 e. The van der Waals surface area contributed by atoms with Gasteiger partial charge >= 0.3 is 0 Å². The zero-order valence-electron chi connectivity index (χ0n) is 12.4. The summed E-state index contributed by atoms with van der Waals surface area (Å²) < 4.78 is 5.33. The predicted octanol–water partition coefficient (Wildman–Crippen LogP) is 1.87. The fourth-order valence-corrected chi connectivity index (χ4v) is 3.60. The van der Waals surface area contributed by atoms with E-state index in [1.165, 1.54) is 0 Å². The van der Waals surface area contributed by atoms with Crippen molar-refractivity contribution in [1.82, 2.24) is 10.2 Å². The smallest absolute Gasteiger partial charge is 0.249 e. The number of furan rings is 1. The van der Waals surface area contributed by atoms with Gasteiger partial charge in [-0.25, -0.2) is 0 Å². The molecule has 1 aromatic heterocycles. The SMILES string of the molecule is CCC1C(=O)NC2(CCCC2)C(=O)N1CCc1ccco1. The van der Waals surface area contributed by atoms with Gasteiger partial charge in [-0.2, -0.15) is 0 Å². The van der Waals surface area contributed by atoms with Gasteiger partial charge in [0.05, 0.1) is 6.26 Å². The average molecular weight is 290 g/mol. The third-order valence-electron chi connectivity index (χ3n) is 4.73. The van der Waals surface area contributed by atoms with Crippen molar-refractivity contribution >= 4 is 11.8 Å². The normalized spacial score (nSPS) is 24.6. The lowest BCUT2D eigenvalue weighted by molar-refractivity contribution is -0.155. The van der Waals surface area contributed by atoms with Crippen molar-refractivity contribution in [1.29, 1.82) is 0 Å². The Balaban J connectivity index is 1.79. The largest absolute Gasteiger partial charge is 0.469 e. The van der Waals surface area contributed by atoms with Crippen molar-refractivity contribution in [2.75, 3.05) is 6.54 Å². The predicted molar refractivity (Wildman–Crippen MR) is 77.5 cm³/mol. The lowest BCUT2D eigenvalue weighted by Gasteiger charge is -2.44. The monoisotopic (exact) mass is 290 g/mol. The van der Waals surface area contributed by atoms with Gasteiger partial charge in [0.1, 0.15) is 17.3 Å². The average Bonchev–Trinajstić information content (AvgIpc) is 3.13.